The Kier molecular flexibility index (Phi) is 2.47. The molecule has 1 aromatic heterocycles. The fraction of sp³-hybridized carbons (Fsp3) is 0.385. The molecule has 1 heterocycles. The number of nitrogens with zero attached hydrogens (tertiary/aromatic N) is 1. The first-order valence-electron chi connectivity index (χ1n) is 5.79. The zero-order chi connectivity index (χ0) is 12.7. The lowest BCUT2D eigenvalue weighted by Gasteiger charge is -2.03. The number of aromatic nitrogens is 1. The van der Waals surface area contributed by atoms with Gasteiger partial charge in [-0.2, -0.15) is 0 Å². The molecule has 1 saturated carbocycles. The highest BCUT2D eigenvalue weighted by molar-refractivity contribution is 5.95. The number of oxazole rings is 1. The summed E-state index contributed by atoms with van der Waals surface area (Å²) in [6.45, 7) is 0. The second-order valence-electron chi connectivity index (χ2n) is 4.34. The van der Waals surface area contributed by atoms with Crippen molar-refractivity contribution in [3.8, 4) is 5.75 Å². The normalized spacial score (nSPS) is 14.8. The molecule has 1 fully saturated rings. The summed E-state index contributed by atoms with van der Waals surface area (Å²) in [4.78, 5) is 16.0. The second kappa shape index (κ2) is 4.01. The Bertz CT molecular complexity index is 613. The van der Waals surface area contributed by atoms with Gasteiger partial charge < -0.3 is 13.9 Å². The lowest BCUT2D eigenvalue weighted by Crippen LogP contribution is -2.01. The Morgan fingerprint density at radius 2 is 2.17 bits per heavy atom. The average molecular weight is 247 g/mol. The van der Waals surface area contributed by atoms with Crippen molar-refractivity contribution >= 4 is 17.1 Å². The quantitative estimate of drug-likeness (QED) is 0.780. The first-order chi connectivity index (χ1) is 8.72. The molecule has 1 aromatic carbocycles. The highest BCUT2D eigenvalue weighted by Gasteiger charge is 2.29. The molecule has 0 radical (unpaired) electrons. The molecule has 1 aliphatic rings. The molecule has 0 spiro atoms. The van der Waals surface area contributed by atoms with Crippen LogP contribution in [0.5, 0.6) is 5.75 Å². The van der Waals surface area contributed by atoms with Crippen molar-refractivity contribution in [1.29, 1.82) is 0 Å². The van der Waals surface area contributed by atoms with Crippen molar-refractivity contribution in [2.24, 2.45) is 0 Å². The lowest BCUT2D eigenvalue weighted by molar-refractivity contribution is 0.0600. The van der Waals surface area contributed by atoms with Crippen LogP contribution < -0.4 is 4.74 Å². The fourth-order valence-electron chi connectivity index (χ4n) is 1.91. The summed E-state index contributed by atoms with van der Waals surface area (Å²) in [6.07, 6.45) is 2.22. The number of benzene rings is 1. The fourth-order valence-corrected chi connectivity index (χ4v) is 1.91. The third kappa shape index (κ3) is 1.72. The van der Waals surface area contributed by atoms with Gasteiger partial charge in [0.15, 0.2) is 17.0 Å². The molecule has 0 amide bonds. The van der Waals surface area contributed by atoms with Crippen LogP contribution >= 0.6 is 0 Å². The minimum atomic E-state index is -0.417. The van der Waals surface area contributed by atoms with E-state index in [-0.39, 0.29) is 0 Å². The van der Waals surface area contributed by atoms with Crippen LogP contribution in [0, 0.1) is 0 Å². The SMILES string of the molecule is COC(=O)c1cc(OC)c2nc(C3CC3)oc2c1. The molecule has 5 heteroatoms. The number of carbonyl (C=O) groups is 1. The summed E-state index contributed by atoms with van der Waals surface area (Å²) in [6, 6.07) is 3.26. The molecule has 3 rings (SSSR count). The van der Waals surface area contributed by atoms with E-state index in [0.717, 1.165) is 18.7 Å². The predicted molar refractivity (Wildman–Crippen MR) is 63.9 cm³/mol. The van der Waals surface area contributed by atoms with E-state index in [1.165, 1.54) is 7.11 Å². The number of hydrogen-bond donors (Lipinski definition) is 0. The van der Waals surface area contributed by atoms with Crippen molar-refractivity contribution in [3.05, 3.63) is 23.6 Å². The van der Waals surface area contributed by atoms with Gasteiger partial charge in [-0.3, -0.25) is 0 Å². The monoisotopic (exact) mass is 247 g/mol. The Morgan fingerprint density at radius 3 is 2.78 bits per heavy atom. The molecule has 0 saturated heterocycles. The van der Waals surface area contributed by atoms with Gasteiger partial charge in [0.2, 0.25) is 0 Å². The molecule has 0 N–H and O–H groups in total. The van der Waals surface area contributed by atoms with Gasteiger partial charge in [0.1, 0.15) is 5.75 Å². The second-order valence-corrected chi connectivity index (χ2v) is 4.34. The molecule has 2 aromatic rings. The summed E-state index contributed by atoms with van der Waals surface area (Å²) in [7, 11) is 2.89. The van der Waals surface area contributed by atoms with Crippen LogP contribution in [0.3, 0.4) is 0 Å². The van der Waals surface area contributed by atoms with Crippen molar-refractivity contribution in [3.63, 3.8) is 0 Å². The number of rotatable bonds is 3. The molecule has 0 atom stereocenters. The van der Waals surface area contributed by atoms with Crippen molar-refractivity contribution in [2.75, 3.05) is 14.2 Å². The summed E-state index contributed by atoms with van der Waals surface area (Å²) in [5.41, 5.74) is 1.63. The van der Waals surface area contributed by atoms with Gasteiger partial charge >= 0.3 is 5.97 Å². The zero-order valence-corrected chi connectivity index (χ0v) is 10.2. The maximum absolute atomic E-state index is 11.5. The van der Waals surface area contributed by atoms with Gasteiger partial charge in [0.05, 0.1) is 19.8 Å². The Balaban J connectivity index is 2.15. The largest absolute Gasteiger partial charge is 0.494 e. The maximum Gasteiger partial charge on any atom is 0.338 e. The molecule has 0 bridgehead atoms. The van der Waals surface area contributed by atoms with E-state index in [1.807, 2.05) is 0 Å². The first-order valence-corrected chi connectivity index (χ1v) is 5.79. The van der Waals surface area contributed by atoms with E-state index in [0.29, 0.717) is 28.3 Å². The standard InChI is InChI=1S/C13H13NO4/c1-16-9-5-8(13(15)17-2)6-10-11(9)14-12(18-10)7-3-4-7/h5-7H,3-4H2,1-2H3. The van der Waals surface area contributed by atoms with Gasteiger partial charge in [-0.1, -0.05) is 0 Å². The van der Waals surface area contributed by atoms with E-state index in [2.05, 4.69) is 4.98 Å². The minimum absolute atomic E-state index is 0.403. The number of esters is 1. The van der Waals surface area contributed by atoms with Crippen LogP contribution in [0.2, 0.25) is 0 Å². The summed E-state index contributed by atoms with van der Waals surface area (Å²) in [5, 5.41) is 0. The molecular formula is C13H13NO4. The van der Waals surface area contributed by atoms with Crippen LogP contribution in [0.4, 0.5) is 0 Å². The lowest BCUT2D eigenvalue weighted by atomic mass is 10.2. The molecule has 94 valence electrons. The predicted octanol–water partition coefficient (Wildman–Crippen LogP) is 2.50. The summed E-state index contributed by atoms with van der Waals surface area (Å²) < 4.78 is 15.6. The number of fused-ring (bicyclic) bond motifs is 1. The van der Waals surface area contributed by atoms with Gasteiger partial charge in [-0.05, 0) is 25.0 Å². The smallest absolute Gasteiger partial charge is 0.338 e. The number of hydrogen-bond acceptors (Lipinski definition) is 5. The first kappa shape index (κ1) is 11.1. The molecular weight excluding hydrogens is 234 g/mol. The van der Waals surface area contributed by atoms with Crippen molar-refractivity contribution in [1.82, 2.24) is 4.98 Å². The zero-order valence-electron chi connectivity index (χ0n) is 10.2. The van der Waals surface area contributed by atoms with Crippen LogP contribution in [0.1, 0.15) is 35.0 Å². The van der Waals surface area contributed by atoms with Crippen LogP contribution in [0.15, 0.2) is 16.5 Å². The van der Waals surface area contributed by atoms with Crippen LogP contribution in [0.25, 0.3) is 11.1 Å². The molecule has 0 unspecified atom stereocenters. The third-order valence-electron chi connectivity index (χ3n) is 3.04. The van der Waals surface area contributed by atoms with E-state index in [1.54, 1.807) is 19.2 Å². The van der Waals surface area contributed by atoms with Crippen molar-refractivity contribution in [2.45, 2.75) is 18.8 Å². The molecule has 18 heavy (non-hydrogen) atoms. The average Bonchev–Trinajstić information content (AvgIpc) is 3.16. The summed E-state index contributed by atoms with van der Waals surface area (Å²) in [5.74, 6) is 1.26. The number of carbonyl (C=O) groups excluding carboxylic acids is 1. The highest BCUT2D eigenvalue weighted by Crippen LogP contribution is 2.41. The topological polar surface area (TPSA) is 61.6 Å². The Labute approximate surface area is 104 Å². The van der Waals surface area contributed by atoms with Gasteiger partial charge in [0, 0.05) is 5.92 Å². The maximum atomic E-state index is 11.5. The highest BCUT2D eigenvalue weighted by atomic mass is 16.5. The molecule has 5 nitrogen and oxygen atoms in total. The number of ether oxygens (including phenoxy) is 2. The van der Waals surface area contributed by atoms with E-state index >= 15 is 0 Å². The number of methoxy groups -OCH3 is 2. The minimum Gasteiger partial charge on any atom is -0.494 e. The van der Waals surface area contributed by atoms with E-state index < -0.39 is 5.97 Å². The van der Waals surface area contributed by atoms with E-state index in [9.17, 15) is 4.79 Å². The molecule has 1 aliphatic carbocycles. The van der Waals surface area contributed by atoms with Crippen LogP contribution in [-0.2, 0) is 4.74 Å². The van der Waals surface area contributed by atoms with Crippen molar-refractivity contribution < 1.29 is 18.7 Å². The Morgan fingerprint density at radius 1 is 1.39 bits per heavy atom. The van der Waals surface area contributed by atoms with Gasteiger partial charge in [-0.15, -0.1) is 0 Å². The third-order valence-corrected chi connectivity index (χ3v) is 3.04. The van der Waals surface area contributed by atoms with Crippen LogP contribution in [-0.4, -0.2) is 25.2 Å². The van der Waals surface area contributed by atoms with Gasteiger partial charge in [0.25, 0.3) is 0 Å². The molecule has 0 aliphatic heterocycles. The Hall–Kier alpha value is -2.04. The summed E-state index contributed by atoms with van der Waals surface area (Å²) >= 11 is 0. The van der Waals surface area contributed by atoms with Gasteiger partial charge in [-0.25, -0.2) is 9.78 Å². The van der Waals surface area contributed by atoms with E-state index in [4.69, 9.17) is 13.9 Å².